The van der Waals surface area contributed by atoms with Gasteiger partial charge in [-0.05, 0) is 12.1 Å². The molecule has 110 valence electrons. The highest BCUT2D eigenvalue weighted by atomic mass is 32.1. The van der Waals surface area contributed by atoms with Crippen molar-refractivity contribution in [3.05, 3.63) is 65.5 Å². The summed E-state index contributed by atoms with van der Waals surface area (Å²) < 4.78 is 0. The Labute approximate surface area is 132 Å². The maximum Gasteiger partial charge on any atom is 0.261 e. The Kier molecular flexibility index (Phi) is 3.89. The van der Waals surface area contributed by atoms with Gasteiger partial charge in [0.1, 0.15) is 4.88 Å². The minimum absolute atomic E-state index is 0.455. The van der Waals surface area contributed by atoms with Gasteiger partial charge in [-0.3, -0.25) is 4.79 Å². The maximum atomic E-state index is 11.7. The number of rotatable bonds is 4. The van der Waals surface area contributed by atoms with Crippen LogP contribution < -0.4 is 10.6 Å². The van der Waals surface area contributed by atoms with E-state index in [4.69, 9.17) is 5.73 Å². The predicted octanol–water partition coefficient (Wildman–Crippen LogP) is 3.68. The van der Waals surface area contributed by atoms with Crippen molar-refractivity contribution >= 4 is 28.1 Å². The van der Waals surface area contributed by atoms with Crippen LogP contribution in [0.2, 0.25) is 0 Å². The van der Waals surface area contributed by atoms with E-state index in [0.29, 0.717) is 10.6 Å². The molecular formula is C17H15N3OS. The third kappa shape index (κ3) is 2.71. The average molecular weight is 309 g/mol. The topological polar surface area (TPSA) is 59.2 Å². The third-order valence-corrected chi connectivity index (χ3v) is 4.46. The van der Waals surface area contributed by atoms with E-state index in [1.165, 1.54) is 11.3 Å². The molecule has 2 N–H and O–H groups in total. The van der Waals surface area contributed by atoms with E-state index in [9.17, 15) is 4.79 Å². The molecule has 22 heavy (non-hydrogen) atoms. The molecule has 3 aromatic rings. The lowest BCUT2D eigenvalue weighted by molar-refractivity contribution is 0.100. The zero-order valence-corrected chi connectivity index (χ0v) is 12.9. The summed E-state index contributed by atoms with van der Waals surface area (Å²) in [6, 6.07) is 19.5. The molecule has 4 nitrogen and oxygen atoms in total. The molecular weight excluding hydrogens is 294 g/mol. The van der Waals surface area contributed by atoms with Crippen LogP contribution in [0.4, 0.5) is 10.8 Å². The quantitative estimate of drug-likeness (QED) is 0.800. The van der Waals surface area contributed by atoms with E-state index < -0.39 is 5.91 Å². The Morgan fingerprint density at radius 3 is 2.23 bits per heavy atom. The summed E-state index contributed by atoms with van der Waals surface area (Å²) in [6.07, 6.45) is 0. The van der Waals surface area contributed by atoms with E-state index in [0.717, 1.165) is 16.4 Å². The fourth-order valence-electron chi connectivity index (χ4n) is 2.17. The first-order valence-corrected chi connectivity index (χ1v) is 7.63. The van der Waals surface area contributed by atoms with Crippen molar-refractivity contribution in [2.24, 2.45) is 5.73 Å². The monoisotopic (exact) mass is 309 g/mol. The molecule has 5 heteroatoms. The Morgan fingerprint density at radius 1 is 1.05 bits per heavy atom. The van der Waals surface area contributed by atoms with Crippen LogP contribution >= 0.6 is 11.3 Å². The van der Waals surface area contributed by atoms with Gasteiger partial charge >= 0.3 is 0 Å². The average Bonchev–Trinajstić information content (AvgIpc) is 3.01. The Balaban J connectivity index is 2.06. The van der Waals surface area contributed by atoms with Crippen LogP contribution in [-0.4, -0.2) is 17.9 Å². The zero-order valence-electron chi connectivity index (χ0n) is 12.1. The van der Waals surface area contributed by atoms with Crippen molar-refractivity contribution in [1.82, 2.24) is 4.98 Å². The van der Waals surface area contributed by atoms with Crippen molar-refractivity contribution in [3.8, 4) is 11.3 Å². The summed E-state index contributed by atoms with van der Waals surface area (Å²) >= 11 is 1.31. The van der Waals surface area contributed by atoms with Crippen molar-refractivity contribution < 1.29 is 4.79 Å². The molecule has 0 aliphatic heterocycles. The van der Waals surface area contributed by atoms with E-state index in [2.05, 4.69) is 4.98 Å². The number of hydrogen-bond donors (Lipinski definition) is 1. The van der Waals surface area contributed by atoms with Gasteiger partial charge in [-0.2, -0.15) is 0 Å². The number of nitrogens with two attached hydrogens (primary N) is 1. The molecule has 0 bridgehead atoms. The molecule has 0 spiro atoms. The van der Waals surface area contributed by atoms with Crippen LogP contribution in [0.15, 0.2) is 60.7 Å². The van der Waals surface area contributed by atoms with Crippen LogP contribution in [0, 0.1) is 0 Å². The zero-order chi connectivity index (χ0) is 15.5. The van der Waals surface area contributed by atoms with Gasteiger partial charge in [0.25, 0.3) is 5.91 Å². The maximum absolute atomic E-state index is 11.7. The summed E-state index contributed by atoms with van der Waals surface area (Å²) in [7, 11) is 1.92. The van der Waals surface area contributed by atoms with Crippen LogP contribution in [0.1, 0.15) is 9.67 Å². The molecule has 2 aromatic carbocycles. The van der Waals surface area contributed by atoms with Crippen LogP contribution in [0.25, 0.3) is 11.3 Å². The first-order chi connectivity index (χ1) is 10.7. The van der Waals surface area contributed by atoms with Gasteiger partial charge < -0.3 is 10.6 Å². The summed E-state index contributed by atoms with van der Waals surface area (Å²) in [5.74, 6) is -0.455. The van der Waals surface area contributed by atoms with Crippen molar-refractivity contribution in [2.75, 3.05) is 11.9 Å². The molecule has 1 aromatic heterocycles. The lowest BCUT2D eigenvalue weighted by atomic mass is 10.1. The van der Waals surface area contributed by atoms with E-state index in [1.807, 2.05) is 72.6 Å². The van der Waals surface area contributed by atoms with Gasteiger partial charge in [-0.1, -0.05) is 59.9 Å². The standard InChI is InChI=1S/C17H15N3OS/c1-20(13-10-6-3-7-11-13)17-19-14(15(22-17)16(18)21)12-8-4-2-5-9-12/h2-11H,1H3,(H2,18,21). The summed E-state index contributed by atoms with van der Waals surface area (Å²) in [4.78, 5) is 18.8. The number of carbonyl (C=O) groups is 1. The molecule has 0 unspecified atom stereocenters. The number of anilines is 2. The second-order valence-electron chi connectivity index (χ2n) is 4.80. The van der Waals surface area contributed by atoms with Gasteiger partial charge in [-0.25, -0.2) is 4.98 Å². The predicted molar refractivity (Wildman–Crippen MR) is 90.6 cm³/mol. The molecule has 0 atom stereocenters. The van der Waals surface area contributed by atoms with Crippen molar-refractivity contribution in [1.29, 1.82) is 0 Å². The Hall–Kier alpha value is -2.66. The Morgan fingerprint density at radius 2 is 1.64 bits per heavy atom. The number of thiazole rings is 1. The van der Waals surface area contributed by atoms with Crippen LogP contribution in [0.5, 0.6) is 0 Å². The summed E-state index contributed by atoms with van der Waals surface area (Å²) in [5.41, 5.74) is 8.05. The van der Waals surface area contributed by atoms with Crippen molar-refractivity contribution in [3.63, 3.8) is 0 Å². The van der Waals surface area contributed by atoms with Gasteiger partial charge in [0.05, 0.1) is 5.69 Å². The van der Waals surface area contributed by atoms with E-state index >= 15 is 0 Å². The third-order valence-electron chi connectivity index (χ3n) is 3.32. The van der Waals surface area contributed by atoms with Crippen LogP contribution in [-0.2, 0) is 0 Å². The normalized spacial score (nSPS) is 10.4. The van der Waals surface area contributed by atoms with Crippen molar-refractivity contribution in [2.45, 2.75) is 0 Å². The van der Waals surface area contributed by atoms with E-state index in [1.54, 1.807) is 0 Å². The van der Waals surface area contributed by atoms with Gasteiger partial charge in [-0.15, -0.1) is 0 Å². The number of para-hydroxylation sites is 1. The number of primary amides is 1. The minimum Gasteiger partial charge on any atom is -0.365 e. The highest BCUT2D eigenvalue weighted by Crippen LogP contribution is 2.35. The second kappa shape index (κ2) is 5.99. The van der Waals surface area contributed by atoms with Gasteiger partial charge in [0.2, 0.25) is 0 Å². The number of hydrogen-bond acceptors (Lipinski definition) is 4. The fourth-order valence-corrected chi connectivity index (χ4v) is 3.10. The molecule has 0 aliphatic carbocycles. The first-order valence-electron chi connectivity index (χ1n) is 6.81. The molecule has 0 saturated carbocycles. The lowest BCUT2D eigenvalue weighted by Crippen LogP contribution is -2.10. The highest BCUT2D eigenvalue weighted by Gasteiger charge is 2.19. The van der Waals surface area contributed by atoms with Crippen LogP contribution in [0.3, 0.4) is 0 Å². The number of benzene rings is 2. The van der Waals surface area contributed by atoms with Gasteiger partial charge in [0.15, 0.2) is 5.13 Å². The number of aromatic nitrogens is 1. The summed E-state index contributed by atoms with van der Waals surface area (Å²) in [5, 5.41) is 0.735. The highest BCUT2D eigenvalue weighted by molar-refractivity contribution is 7.18. The molecule has 3 rings (SSSR count). The smallest absolute Gasteiger partial charge is 0.261 e. The number of amides is 1. The second-order valence-corrected chi connectivity index (χ2v) is 5.78. The minimum atomic E-state index is -0.455. The first kappa shape index (κ1) is 14.3. The van der Waals surface area contributed by atoms with E-state index in [-0.39, 0.29) is 0 Å². The molecule has 0 saturated heterocycles. The molecule has 1 heterocycles. The molecule has 1 amide bonds. The summed E-state index contributed by atoms with van der Waals surface area (Å²) in [6.45, 7) is 0. The number of nitrogens with zero attached hydrogens (tertiary/aromatic N) is 2. The molecule has 0 radical (unpaired) electrons. The largest absolute Gasteiger partial charge is 0.365 e. The number of carbonyl (C=O) groups excluding carboxylic acids is 1. The SMILES string of the molecule is CN(c1ccccc1)c1nc(-c2ccccc2)c(C(N)=O)s1. The molecule has 0 aliphatic rings. The van der Waals surface area contributed by atoms with Gasteiger partial charge in [0, 0.05) is 18.3 Å². The lowest BCUT2D eigenvalue weighted by Gasteiger charge is -2.15. The molecule has 0 fully saturated rings. The Bertz CT molecular complexity index is 784. The fraction of sp³-hybridized carbons (Fsp3) is 0.0588.